The van der Waals surface area contributed by atoms with Crippen LogP contribution in [0.25, 0.3) is 0 Å². The summed E-state index contributed by atoms with van der Waals surface area (Å²) in [6, 6.07) is 11.1. The number of hydrogen-bond acceptors (Lipinski definition) is 4. The van der Waals surface area contributed by atoms with Gasteiger partial charge in [0.05, 0.1) is 11.4 Å². The number of hydrogen-bond donors (Lipinski definition) is 2. The van der Waals surface area contributed by atoms with Gasteiger partial charge >= 0.3 is 0 Å². The van der Waals surface area contributed by atoms with E-state index in [4.69, 9.17) is 23.8 Å². The van der Waals surface area contributed by atoms with E-state index < -0.39 is 0 Å². The molecule has 2 aromatic carbocycles. The fourth-order valence-corrected chi connectivity index (χ4v) is 4.15. The molecule has 1 aliphatic heterocycles. The van der Waals surface area contributed by atoms with Gasteiger partial charge in [0.2, 0.25) is 5.91 Å². The van der Waals surface area contributed by atoms with Crippen molar-refractivity contribution in [1.29, 1.82) is 0 Å². The van der Waals surface area contributed by atoms with E-state index in [0.717, 1.165) is 22.5 Å². The summed E-state index contributed by atoms with van der Waals surface area (Å²) in [5.74, 6) is 0.286. The maximum atomic E-state index is 12.6. The highest BCUT2D eigenvalue weighted by atomic mass is 35.5. The average molecular weight is 487 g/mol. The van der Waals surface area contributed by atoms with E-state index in [1.807, 2.05) is 43.0 Å². The first-order valence-corrected chi connectivity index (χ1v) is 11.9. The topological polar surface area (TPSA) is 64.7 Å². The van der Waals surface area contributed by atoms with Crippen molar-refractivity contribution in [1.82, 2.24) is 10.2 Å². The lowest BCUT2D eigenvalue weighted by Crippen LogP contribution is -2.49. The van der Waals surface area contributed by atoms with Gasteiger partial charge in [-0.25, -0.2) is 0 Å². The van der Waals surface area contributed by atoms with Crippen LogP contribution in [0, 0.1) is 19.8 Å². The van der Waals surface area contributed by atoms with Crippen LogP contribution in [0.2, 0.25) is 5.02 Å². The number of rotatable bonds is 5. The summed E-state index contributed by atoms with van der Waals surface area (Å²) in [5.41, 5.74) is 4.37. The number of nitrogens with one attached hydrogen (secondary N) is 2. The Bertz CT molecular complexity index is 1050. The summed E-state index contributed by atoms with van der Waals surface area (Å²) >= 11 is 11.7. The molecule has 33 heavy (non-hydrogen) atoms. The number of aryl methyl sites for hydroxylation is 2. The van der Waals surface area contributed by atoms with Gasteiger partial charge < -0.3 is 15.1 Å². The normalized spacial score (nSPS) is 13.8. The Balaban J connectivity index is 1.66. The lowest BCUT2D eigenvalue weighted by molar-refractivity contribution is -0.132. The maximum Gasteiger partial charge on any atom is 0.257 e. The van der Waals surface area contributed by atoms with Crippen LogP contribution in [0.1, 0.15) is 41.8 Å². The molecule has 0 bridgehead atoms. The molecule has 0 aliphatic carbocycles. The Morgan fingerprint density at radius 3 is 2.36 bits per heavy atom. The number of halogens is 1. The molecule has 0 aromatic heterocycles. The van der Waals surface area contributed by atoms with Crippen LogP contribution in [0.5, 0.6) is 0 Å². The highest BCUT2D eigenvalue weighted by Gasteiger charge is 2.23. The molecule has 1 saturated heterocycles. The Labute approximate surface area is 206 Å². The van der Waals surface area contributed by atoms with Gasteiger partial charge in [0.15, 0.2) is 5.11 Å². The van der Waals surface area contributed by atoms with Crippen LogP contribution in [-0.4, -0.2) is 48.0 Å². The molecule has 2 amide bonds. The number of carbonyl (C=O) groups is 2. The number of amides is 2. The van der Waals surface area contributed by atoms with Crippen molar-refractivity contribution in [3.05, 3.63) is 58.1 Å². The van der Waals surface area contributed by atoms with Crippen LogP contribution in [0.3, 0.4) is 0 Å². The third-order valence-electron chi connectivity index (χ3n) is 5.76. The summed E-state index contributed by atoms with van der Waals surface area (Å²) in [6.45, 7) is 10.8. The Morgan fingerprint density at radius 1 is 1.03 bits per heavy atom. The fraction of sp³-hybridized carbons (Fsp3) is 0.400. The molecule has 3 rings (SSSR count). The molecule has 0 saturated carbocycles. The van der Waals surface area contributed by atoms with Crippen LogP contribution in [0.15, 0.2) is 36.4 Å². The molecule has 8 heteroatoms. The number of nitrogens with zero attached hydrogens (tertiary/aromatic N) is 2. The number of thiocarbonyl (C=S) groups is 1. The third-order valence-corrected chi connectivity index (χ3v) is 6.20. The van der Waals surface area contributed by atoms with Crippen molar-refractivity contribution in [3.63, 3.8) is 0 Å². The number of anilines is 2. The van der Waals surface area contributed by atoms with E-state index in [-0.39, 0.29) is 16.9 Å². The van der Waals surface area contributed by atoms with Crippen molar-refractivity contribution in [2.45, 2.75) is 34.1 Å². The average Bonchev–Trinajstić information content (AvgIpc) is 2.75. The van der Waals surface area contributed by atoms with Crippen molar-refractivity contribution < 1.29 is 9.59 Å². The number of carbonyl (C=O) groups excluding carboxylic acids is 2. The summed E-state index contributed by atoms with van der Waals surface area (Å²) in [4.78, 5) is 29.1. The fourth-order valence-electron chi connectivity index (χ4n) is 3.77. The van der Waals surface area contributed by atoms with Gasteiger partial charge in [0.25, 0.3) is 5.91 Å². The van der Waals surface area contributed by atoms with Crippen molar-refractivity contribution in [2.24, 2.45) is 5.92 Å². The first kappa shape index (κ1) is 25.0. The molecule has 1 fully saturated rings. The lowest BCUT2D eigenvalue weighted by Gasteiger charge is -2.37. The van der Waals surface area contributed by atoms with E-state index >= 15 is 0 Å². The summed E-state index contributed by atoms with van der Waals surface area (Å²) in [7, 11) is 0. The van der Waals surface area contributed by atoms with Crippen LogP contribution in [-0.2, 0) is 4.79 Å². The van der Waals surface area contributed by atoms with Crippen LogP contribution >= 0.6 is 23.8 Å². The second-order valence-corrected chi connectivity index (χ2v) is 9.68. The second-order valence-electron chi connectivity index (χ2n) is 8.83. The Morgan fingerprint density at radius 2 is 1.73 bits per heavy atom. The SMILES string of the molecule is Cc1ccc(C(=O)NC(=S)Nc2cc(Cl)ccc2N2CCN(C(=O)CC(C)C)CC2)cc1C. The van der Waals surface area contributed by atoms with E-state index in [1.165, 1.54) is 0 Å². The minimum atomic E-state index is -0.267. The van der Waals surface area contributed by atoms with Gasteiger partial charge in [-0.3, -0.25) is 14.9 Å². The summed E-state index contributed by atoms with van der Waals surface area (Å²) < 4.78 is 0. The van der Waals surface area contributed by atoms with E-state index in [0.29, 0.717) is 49.1 Å². The van der Waals surface area contributed by atoms with E-state index in [1.54, 1.807) is 12.1 Å². The van der Waals surface area contributed by atoms with Crippen molar-refractivity contribution in [2.75, 3.05) is 36.4 Å². The Kier molecular flexibility index (Phi) is 8.32. The minimum absolute atomic E-state index is 0.201. The molecule has 2 aromatic rings. The molecule has 0 atom stereocenters. The molecule has 176 valence electrons. The zero-order valence-electron chi connectivity index (χ0n) is 19.6. The Hall–Kier alpha value is -2.64. The third kappa shape index (κ3) is 6.68. The van der Waals surface area contributed by atoms with Gasteiger partial charge in [-0.1, -0.05) is 31.5 Å². The number of benzene rings is 2. The first-order chi connectivity index (χ1) is 15.6. The first-order valence-electron chi connectivity index (χ1n) is 11.2. The number of piperazine rings is 1. The van der Waals surface area contributed by atoms with Crippen LogP contribution in [0.4, 0.5) is 11.4 Å². The van der Waals surface area contributed by atoms with Gasteiger partial charge in [-0.15, -0.1) is 0 Å². The highest BCUT2D eigenvalue weighted by Crippen LogP contribution is 2.30. The van der Waals surface area contributed by atoms with Gasteiger partial charge in [-0.2, -0.15) is 0 Å². The van der Waals surface area contributed by atoms with Gasteiger partial charge in [-0.05, 0) is 73.4 Å². The molecular formula is C25H31ClN4O2S. The maximum absolute atomic E-state index is 12.6. The minimum Gasteiger partial charge on any atom is -0.366 e. The second kappa shape index (κ2) is 11.0. The molecule has 0 spiro atoms. The van der Waals surface area contributed by atoms with E-state index in [9.17, 15) is 9.59 Å². The zero-order valence-corrected chi connectivity index (χ0v) is 21.1. The molecule has 1 aliphatic rings. The lowest BCUT2D eigenvalue weighted by atomic mass is 10.1. The van der Waals surface area contributed by atoms with Crippen LogP contribution < -0.4 is 15.5 Å². The highest BCUT2D eigenvalue weighted by molar-refractivity contribution is 7.80. The molecular weight excluding hydrogens is 456 g/mol. The molecule has 0 radical (unpaired) electrons. The van der Waals surface area contributed by atoms with Gasteiger partial charge in [0, 0.05) is 43.2 Å². The molecule has 0 unspecified atom stereocenters. The monoisotopic (exact) mass is 486 g/mol. The van der Waals surface area contributed by atoms with Gasteiger partial charge in [0.1, 0.15) is 0 Å². The largest absolute Gasteiger partial charge is 0.366 e. The molecule has 6 nitrogen and oxygen atoms in total. The quantitative estimate of drug-likeness (QED) is 0.595. The summed E-state index contributed by atoms with van der Waals surface area (Å²) in [6.07, 6.45) is 0.572. The standard InChI is InChI=1S/C25H31ClN4O2S/c1-16(2)13-23(31)30-11-9-29(10-12-30)22-8-7-20(26)15-21(22)27-25(33)28-24(32)19-6-5-17(3)18(4)14-19/h5-8,14-16H,9-13H2,1-4H3,(H2,27,28,32,33). The molecule has 1 heterocycles. The smallest absolute Gasteiger partial charge is 0.257 e. The zero-order chi connectivity index (χ0) is 24.1. The summed E-state index contributed by atoms with van der Waals surface area (Å²) in [5, 5.41) is 6.64. The molecule has 2 N–H and O–H groups in total. The predicted octanol–water partition coefficient (Wildman–Crippen LogP) is 4.78. The van der Waals surface area contributed by atoms with Crippen molar-refractivity contribution >= 4 is 52.1 Å². The predicted molar refractivity (Wildman–Crippen MR) is 139 cm³/mol. The van der Waals surface area contributed by atoms with E-state index in [2.05, 4.69) is 29.4 Å². The van der Waals surface area contributed by atoms with Crippen molar-refractivity contribution in [3.8, 4) is 0 Å².